The van der Waals surface area contributed by atoms with Crippen molar-refractivity contribution in [3.05, 3.63) is 23.8 Å². The number of rotatable bonds is 5. The van der Waals surface area contributed by atoms with Crippen molar-refractivity contribution in [1.29, 1.82) is 0 Å². The Morgan fingerprint density at radius 2 is 1.80 bits per heavy atom. The Kier molecular flexibility index (Phi) is 6.35. The smallest absolute Gasteiger partial charge is 0.0577 e. The van der Waals surface area contributed by atoms with Crippen molar-refractivity contribution in [1.82, 2.24) is 0 Å². The molecular formula is C29H48O. The van der Waals surface area contributed by atoms with Gasteiger partial charge >= 0.3 is 0 Å². The molecule has 0 aromatic heterocycles. The summed E-state index contributed by atoms with van der Waals surface area (Å²) < 4.78 is 0. The largest absolute Gasteiger partial charge is 0.393 e. The standard InChI is InChI=1S/C29H48O/c1-7-21(19(2)3)9-8-20(4)25-12-13-26-24-11-10-22-18-23(30)14-16-28(22,5)27(24)15-17-29(25,26)6/h8-10,19-21,23-27,30H,7,11-18H2,1-6H3/t20-,21?,23?,24?,25-,26?,27?,28+,29-/m1/s1. The van der Waals surface area contributed by atoms with Gasteiger partial charge in [0.15, 0.2) is 0 Å². The number of fused-ring (bicyclic) bond motifs is 5. The number of hydrogen-bond acceptors (Lipinski definition) is 1. The lowest BCUT2D eigenvalue weighted by Gasteiger charge is -2.58. The minimum atomic E-state index is -0.0870. The van der Waals surface area contributed by atoms with E-state index in [1.807, 2.05) is 0 Å². The van der Waals surface area contributed by atoms with Gasteiger partial charge in [0.1, 0.15) is 0 Å². The molecule has 5 unspecified atom stereocenters. The predicted molar refractivity (Wildman–Crippen MR) is 128 cm³/mol. The van der Waals surface area contributed by atoms with E-state index in [1.54, 1.807) is 5.57 Å². The molecule has 9 atom stereocenters. The summed E-state index contributed by atoms with van der Waals surface area (Å²) in [5, 5.41) is 10.2. The molecule has 30 heavy (non-hydrogen) atoms. The summed E-state index contributed by atoms with van der Waals surface area (Å²) in [6.45, 7) is 14.8. The zero-order valence-electron chi connectivity index (χ0n) is 20.7. The monoisotopic (exact) mass is 412 g/mol. The van der Waals surface area contributed by atoms with Crippen LogP contribution in [0.4, 0.5) is 0 Å². The van der Waals surface area contributed by atoms with Crippen LogP contribution in [-0.2, 0) is 0 Å². The topological polar surface area (TPSA) is 20.2 Å². The zero-order chi connectivity index (χ0) is 21.7. The van der Waals surface area contributed by atoms with Gasteiger partial charge in [-0.15, -0.1) is 0 Å². The fourth-order valence-corrected chi connectivity index (χ4v) is 8.83. The molecule has 0 aromatic rings. The highest BCUT2D eigenvalue weighted by molar-refractivity contribution is 5.25. The van der Waals surface area contributed by atoms with E-state index in [0.29, 0.717) is 16.7 Å². The summed E-state index contributed by atoms with van der Waals surface area (Å²) in [4.78, 5) is 0. The molecule has 4 aliphatic carbocycles. The summed E-state index contributed by atoms with van der Waals surface area (Å²) in [5.41, 5.74) is 2.51. The maximum absolute atomic E-state index is 10.2. The van der Waals surface area contributed by atoms with Gasteiger partial charge in [0.05, 0.1) is 6.10 Å². The first-order valence-corrected chi connectivity index (χ1v) is 13.3. The van der Waals surface area contributed by atoms with Crippen molar-refractivity contribution in [3.63, 3.8) is 0 Å². The second-order valence-corrected chi connectivity index (χ2v) is 12.4. The highest BCUT2D eigenvalue weighted by Gasteiger charge is 2.58. The first-order valence-electron chi connectivity index (χ1n) is 13.3. The third kappa shape index (κ3) is 3.66. The molecule has 0 saturated heterocycles. The average Bonchev–Trinajstić information content (AvgIpc) is 3.06. The number of allylic oxidation sites excluding steroid dienone is 3. The molecule has 4 rings (SSSR count). The van der Waals surface area contributed by atoms with E-state index >= 15 is 0 Å². The van der Waals surface area contributed by atoms with Crippen LogP contribution in [-0.4, -0.2) is 11.2 Å². The van der Waals surface area contributed by atoms with E-state index in [4.69, 9.17) is 0 Å². The summed E-state index contributed by atoms with van der Waals surface area (Å²) in [7, 11) is 0. The first kappa shape index (κ1) is 22.6. The van der Waals surface area contributed by atoms with Crippen molar-refractivity contribution < 1.29 is 5.11 Å². The van der Waals surface area contributed by atoms with Crippen LogP contribution in [0.1, 0.15) is 99.3 Å². The Labute approximate surface area is 186 Å². The van der Waals surface area contributed by atoms with E-state index < -0.39 is 0 Å². The average molecular weight is 413 g/mol. The SMILES string of the molecule is CCC(C=C[C@@H](C)[C@H]1CCC2C3CC=C4CC(O)CC[C@]4(C)C3CC[C@@]21C)C(C)C. The van der Waals surface area contributed by atoms with Crippen LogP contribution in [0, 0.1) is 52.3 Å². The third-order valence-electron chi connectivity index (χ3n) is 10.8. The molecule has 4 aliphatic rings. The summed E-state index contributed by atoms with van der Waals surface area (Å²) in [6, 6.07) is 0. The van der Waals surface area contributed by atoms with E-state index in [9.17, 15) is 5.11 Å². The first-order chi connectivity index (χ1) is 14.2. The molecule has 1 heteroatoms. The van der Waals surface area contributed by atoms with Crippen LogP contribution in [0.5, 0.6) is 0 Å². The number of aliphatic hydroxyl groups is 1. The molecule has 0 aromatic carbocycles. The minimum Gasteiger partial charge on any atom is -0.393 e. The lowest BCUT2D eigenvalue weighted by atomic mass is 9.47. The Bertz CT molecular complexity index is 674. The van der Waals surface area contributed by atoms with Crippen molar-refractivity contribution in [3.8, 4) is 0 Å². The van der Waals surface area contributed by atoms with Gasteiger partial charge in [-0.3, -0.25) is 0 Å². The lowest BCUT2D eigenvalue weighted by molar-refractivity contribution is -0.0540. The maximum atomic E-state index is 10.2. The molecule has 0 bridgehead atoms. The Hall–Kier alpha value is -0.560. The molecule has 170 valence electrons. The highest BCUT2D eigenvalue weighted by Crippen LogP contribution is 2.67. The fraction of sp³-hybridized carbons (Fsp3) is 0.862. The van der Waals surface area contributed by atoms with Crippen LogP contribution in [0.25, 0.3) is 0 Å². The number of hydrogen-bond donors (Lipinski definition) is 1. The second-order valence-electron chi connectivity index (χ2n) is 12.4. The molecule has 0 radical (unpaired) electrons. The molecule has 0 amide bonds. The van der Waals surface area contributed by atoms with Crippen LogP contribution in [0.15, 0.2) is 23.8 Å². The van der Waals surface area contributed by atoms with Crippen LogP contribution in [0.3, 0.4) is 0 Å². The van der Waals surface area contributed by atoms with Crippen molar-refractivity contribution in [2.45, 2.75) is 105 Å². The van der Waals surface area contributed by atoms with Gasteiger partial charge in [0.25, 0.3) is 0 Å². The normalized spacial score (nSPS) is 45.6. The molecule has 0 heterocycles. The second kappa shape index (κ2) is 8.42. The van der Waals surface area contributed by atoms with Gasteiger partial charge < -0.3 is 5.11 Å². The molecule has 3 fully saturated rings. The Morgan fingerprint density at radius 3 is 2.50 bits per heavy atom. The molecule has 1 nitrogen and oxygen atoms in total. The highest BCUT2D eigenvalue weighted by atomic mass is 16.3. The quantitative estimate of drug-likeness (QED) is 0.457. The molecule has 0 aliphatic heterocycles. The summed E-state index contributed by atoms with van der Waals surface area (Å²) in [6.07, 6.45) is 19.1. The third-order valence-corrected chi connectivity index (χ3v) is 10.8. The van der Waals surface area contributed by atoms with Crippen molar-refractivity contribution in [2.75, 3.05) is 0 Å². The minimum absolute atomic E-state index is 0.0870. The van der Waals surface area contributed by atoms with Gasteiger partial charge in [-0.05, 0) is 110 Å². The van der Waals surface area contributed by atoms with Crippen LogP contribution < -0.4 is 0 Å². The van der Waals surface area contributed by atoms with Gasteiger partial charge in [-0.2, -0.15) is 0 Å². The number of aliphatic hydroxyl groups excluding tert-OH is 1. The summed E-state index contributed by atoms with van der Waals surface area (Å²) in [5.74, 6) is 5.70. The molecule has 3 saturated carbocycles. The zero-order valence-corrected chi connectivity index (χ0v) is 20.7. The van der Waals surface area contributed by atoms with E-state index in [2.05, 4.69) is 59.8 Å². The van der Waals surface area contributed by atoms with Gasteiger partial charge in [0, 0.05) is 0 Å². The van der Waals surface area contributed by atoms with Crippen molar-refractivity contribution in [2.24, 2.45) is 52.3 Å². The Balaban J connectivity index is 1.52. The Morgan fingerprint density at radius 1 is 1.03 bits per heavy atom. The molecule has 0 spiro atoms. The molecule has 1 N–H and O–H groups in total. The van der Waals surface area contributed by atoms with Crippen molar-refractivity contribution >= 4 is 0 Å². The summed E-state index contributed by atoms with van der Waals surface area (Å²) >= 11 is 0. The maximum Gasteiger partial charge on any atom is 0.0577 e. The van der Waals surface area contributed by atoms with E-state index in [0.717, 1.165) is 48.3 Å². The lowest BCUT2D eigenvalue weighted by Crippen LogP contribution is -2.50. The predicted octanol–water partition coefficient (Wildman–Crippen LogP) is 7.80. The fourth-order valence-electron chi connectivity index (χ4n) is 8.83. The van der Waals surface area contributed by atoms with Crippen LogP contribution in [0.2, 0.25) is 0 Å². The van der Waals surface area contributed by atoms with Gasteiger partial charge in [-0.1, -0.05) is 65.3 Å². The van der Waals surface area contributed by atoms with Crippen LogP contribution >= 0.6 is 0 Å². The molecular weight excluding hydrogens is 364 g/mol. The van der Waals surface area contributed by atoms with Gasteiger partial charge in [-0.25, -0.2) is 0 Å². The van der Waals surface area contributed by atoms with E-state index in [1.165, 1.54) is 44.9 Å². The van der Waals surface area contributed by atoms with E-state index in [-0.39, 0.29) is 6.10 Å². The van der Waals surface area contributed by atoms with Gasteiger partial charge in [0.2, 0.25) is 0 Å².